The maximum absolute atomic E-state index is 12.5. The first kappa shape index (κ1) is 46.2. The zero-order valence-electron chi connectivity index (χ0n) is 34.1. The van der Waals surface area contributed by atoms with Crippen molar-refractivity contribution in [3.63, 3.8) is 0 Å². The molecule has 0 unspecified atom stereocenters. The highest BCUT2D eigenvalue weighted by Crippen LogP contribution is 2.23. The average Bonchev–Trinajstić information content (AvgIpc) is 3.09. The first-order valence-corrected chi connectivity index (χ1v) is 17.1. The molecule has 0 aliphatic carbocycles. The molecule has 0 aliphatic rings. The Balaban J connectivity index is 0.000000457. The highest BCUT2D eigenvalue weighted by molar-refractivity contribution is 6.07. The Morgan fingerprint density at radius 2 is 0.930 bits per heavy atom. The van der Waals surface area contributed by atoms with Gasteiger partial charge in [-0.15, -0.1) is 0 Å². The summed E-state index contributed by atoms with van der Waals surface area (Å²) in [6, 6.07) is 26.3. The molecule has 4 aromatic rings. The number of carboxylic acid groups (broad SMARTS) is 1. The molecule has 8 N–H and O–H groups in total. The lowest BCUT2D eigenvalue weighted by Gasteiger charge is -2.20. The third-order valence-electron chi connectivity index (χ3n) is 6.33. The van der Waals surface area contributed by atoms with Crippen molar-refractivity contribution in [2.45, 2.75) is 66.6 Å². The highest BCUT2D eigenvalue weighted by Gasteiger charge is 2.18. The van der Waals surface area contributed by atoms with Crippen molar-refractivity contribution >= 4 is 70.0 Å². The second-order valence-electron chi connectivity index (χ2n) is 13.7. The molecule has 306 valence electrons. The number of carbonyl (C=O) groups excluding carboxylic acids is 5. The van der Waals surface area contributed by atoms with Crippen molar-refractivity contribution in [2.75, 3.05) is 39.5 Å². The van der Waals surface area contributed by atoms with Gasteiger partial charge in [-0.25, -0.2) is 14.4 Å². The number of para-hydroxylation sites is 4. The van der Waals surface area contributed by atoms with Crippen LogP contribution in [-0.4, -0.2) is 59.3 Å². The zero-order valence-corrected chi connectivity index (χ0v) is 33.1. The van der Waals surface area contributed by atoms with Crippen LogP contribution in [0.2, 0.25) is 0 Å². The van der Waals surface area contributed by atoms with Gasteiger partial charge in [-0.05, 0) is 114 Å². The minimum absolute atomic E-state index is 0.178. The number of rotatable bonds is 7. The Morgan fingerprint density at radius 1 is 0.579 bits per heavy atom. The van der Waals surface area contributed by atoms with E-state index in [4.69, 9.17) is 21.7 Å². The maximum atomic E-state index is 12.5. The van der Waals surface area contributed by atoms with Crippen molar-refractivity contribution < 1.29 is 49.1 Å². The van der Waals surface area contributed by atoms with Gasteiger partial charge in [0.1, 0.15) is 11.2 Å². The Kier molecular flexibility index (Phi) is 18.7. The van der Waals surface area contributed by atoms with Crippen molar-refractivity contribution in [1.29, 1.82) is 0 Å². The summed E-state index contributed by atoms with van der Waals surface area (Å²) in [5, 5.41) is 21.7. The quantitative estimate of drug-likeness (QED) is 0.0880. The van der Waals surface area contributed by atoms with E-state index in [1.54, 1.807) is 126 Å². The molecule has 0 heterocycles. The number of nitrogens with one attached hydrogen (secondary N) is 5. The molecule has 16 heteroatoms. The number of anilines is 6. The molecule has 0 radical (unpaired) electrons. The average molecular weight is 792 g/mol. The highest BCUT2D eigenvalue weighted by atomic mass is 19.1. The van der Waals surface area contributed by atoms with Gasteiger partial charge in [0, 0.05) is 30.8 Å². The number of hydrogen-bond donors (Lipinski definition) is 7. The predicted octanol–water partition coefficient (Wildman–Crippen LogP) is 8.79. The topological polar surface area (TPSA) is 227 Å². The Morgan fingerprint density at radius 3 is 1.30 bits per heavy atom. The van der Waals surface area contributed by atoms with E-state index >= 15 is 0 Å². The summed E-state index contributed by atoms with van der Waals surface area (Å²) < 4.78 is 25.8. The van der Waals surface area contributed by atoms with Crippen LogP contribution < -0.4 is 32.3 Å². The Hall–Kier alpha value is -6.97. The van der Waals surface area contributed by atoms with E-state index in [1.165, 1.54) is 26.0 Å². The molecule has 15 nitrogen and oxygen atoms in total. The summed E-state index contributed by atoms with van der Waals surface area (Å²) in [7, 11) is -1.00. The Bertz CT molecular complexity index is 1980. The monoisotopic (exact) mass is 791 g/mol. The van der Waals surface area contributed by atoms with Crippen LogP contribution in [-0.2, 0) is 19.1 Å². The number of nitrogens with two attached hydrogens (primary N) is 1. The number of benzene rings is 4. The van der Waals surface area contributed by atoms with Crippen LogP contribution in [0.1, 0.15) is 77.5 Å². The van der Waals surface area contributed by atoms with E-state index in [1.807, 2.05) is 0 Å². The van der Waals surface area contributed by atoms with Crippen LogP contribution in [0.3, 0.4) is 0 Å². The molecule has 0 aromatic heterocycles. The first-order valence-electron chi connectivity index (χ1n) is 17.8. The molecule has 57 heavy (non-hydrogen) atoms. The molecule has 0 saturated heterocycles. The molecule has 0 atom stereocenters. The van der Waals surface area contributed by atoms with Crippen molar-refractivity contribution in [1.82, 2.24) is 0 Å². The van der Waals surface area contributed by atoms with E-state index in [-0.39, 0.29) is 23.3 Å². The van der Waals surface area contributed by atoms with Gasteiger partial charge in [-0.1, -0.05) is 24.3 Å². The van der Waals surface area contributed by atoms with Gasteiger partial charge in [0.05, 0.1) is 36.8 Å². The van der Waals surface area contributed by atoms with Gasteiger partial charge in [0.15, 0.2) is 0 Å². The van der Waals surface area contributed by atoms with Gasteiger partial charge in [-0.2, -0.15) is 0 Å². The molecular weight excluding hydrogens is 739 g/mol. The van der Waals surface area contributed by atoms with Crippen molar-refractivity contribution in [3.05, 3.63) is 108 Å². The van der Waals surface area contributed by atoms with Crippen molar-refractivity contribution in [3.8, 4) is 0 Å². The van der Waals surface area contributed by atoms with E-state index in [0.29, 0.717) is 39.7 Å². The number of halogens is 1. The number of aromatic carboxylic acids is 1. The van der Waals surface area contributed by atoms with Gasteiger partial charge >= 0.3 is 18.2 Å². The largest absolute Gasteiger partial charge is 0.478 e. The molecule has 0 fully saturated rings. The first-order chi connectivity index (χ1) is 27.0. The summed E-state index contributed by atoms with van der Waals surface area (Å²) in [6.07, 6.45) is -1.11. The lowest BCUT2D eigenvalue weighted by molar-refractivity contribution is -0.115. The lowest BCUT2D eigenvalue weighted by Crippen LogP contribution is -2.27. The fourth-order valence-electron chi connectivity index (χ4n) is 4.14. The molecule has 0 spiro atoms. The number of ether oxygens (including phenoxy) is 2. The molecule has 0 bridgehead atoms. The number of carboxylic acids is 1. The maximum Gasteiger partial charge on any atom is 0.412 e. The smallest absolute Gasteiger partial charge is 0.412 e. The summed E-state index contributed by atoms with van der Waals surface area (Å²) in [5.74, 6) is -1.69. The number of nitrogen functional groups attached to an aromatic ring is 1. The van der Waals surface area contributed by atoms with Crippen LogP contribution in [0, 0.1) is 0 Å². The predicted molar refractivity (Wildman–Crippen MR) is 220 cm³/mol. The number of alkyl halides is 1. The number of hydrogen-bond acceptors (Lipinski definition) is 9. The van der Waals surface area contributed by atoms with Crippen LogP contribution in [0.25, 0.3) is 0 Å². The fourth-order valence-corrected chi connectivity index (χ4v) is 4.14. The van der Waals surface area contributed by atoms with Gasteiger partial charge in [0.2, 0.25) is 11.8 Å². The van der Waals surface area contributed by atoms with Gasteiger partial charge < -0.3 is 36.3 Å². The second-order valence-corrected chi connectivity index (χ2v) is 13.7. The zero-order chi connectivity index (χ0) is 44.1. The van der Waals surface area contributed by atoms with Gasteiger partial charge in [0.25, 0.3) is 5.91 Å². The van der Waals surface area contributed by atoms with E-state index in [0.717, 1.165) is 0 Å². The molecule has 4 rings (SSSR count). The normalized spacial score (nSPS) is 10.4. The Labute approximate surface area is 332 Å². The molecule has 5 amide bonds. The minimum Gasteiger partial charge on any atom is -0.478 e. The van der Waals surface area contributed by atoms with Gasteiger partial charge in [-0.3, -0.25) is 29.4 Å². The standard InChI is InChI=1S/C20H23N3O4.C11H16N2O2.C9H9NO3.CH3F/c1-13(24)21-15-11-9-14(10-12-15)18(25)22-16-7-5-6-8-17(16)23-19(26)27-20(2,3)4;1-11(2,3)15-10(14)13-9-7-5-4-6-8(9)12;1-6(11)10-8-4-2-7(3-5-8)9(12)13;1-2/h5-12H,1-4H3,(H,21,24)(H,22,25)(H,23,26);4-7H,12H2,1-3H3,(H,13,14);2-5H,1H3,(H,10,11)(H,12,13);1H3/i;;;1D. The molecular formula is C41H51FN6O9. The van der Waals surface area contributed by atoms with Crippen LogP contribution in [0.5, 0.6) is 0 Å². The summed E-state index contributed by atoms with van der Waals surface area (Å²) in [4.78, 5) is 67.9. The molecule has 0 aliphatic heterocycles. The molecule has 4 aromatic carbocycles. The third kappa shape index (κ3) is 20.3. The summed E-state index contributed by atoms with van der Waals surface area (Å²) in [5.41, 5.74) is 8.29. The lowest BCUT2D eigenvalue weighted by atomic mass is 10.1. The van der Waals surface area contributed by atoms with E-state index in [9.17, 15) is 33.2 Å². The summed E-state index contributed by atoms with van der Waals surface area (Å²) >= 11 is 0. The minimum atomic E-state index is -1.00. The summed E-state index contributed by atoms with van der Waals surface area (Å²) in [6.45, 7) is 13.5. The number of amides is 5. The SMILES string of the molecule is CC(=O)Nc1ccc(C(=O)Nc2ccccc2NC(=O)OC(C)(C)C)cc1.CC(=O)Nc1ccc(C(=O)O)cc1.CC(C)(C)OC(=O)Nc1ccccc1N.[2H]CF. The van der Waals surface area contributed by atoms with Crippen LogP contribution in [0.4, 0.5) is 48.1 Å². The van der Waals surface area contributed by atoms with Crippen molar-refractivity contribution in [2.24, 2.45) is 0 Å². The van der Waals surface area contributed by atoms with Crippen LogP contribution >= 0.6 is 0 Å². The number of carbonyl (C=O) groups is 6. The fraction of sp³-hybridized carbons (Fsp3) is 0.268. The third-order valence-corrected chi connectivity index (χ3v) is 6.33. The molecule has 0 saturated carbocycles. The van der Waals surface area contributed by atoms with E-state index in [2.05, 4.69) is 26.6 Å². The van der Waals surface area contributed by atoms with Crippen LogP contribution in [0.15, 0.2) is 97.1 Å². The second kappa shape index (κ2) is 23.1. The van der Waals surface area contributed by atoms with E-state index < -0.39 is 36.5 Å².